The topological polar surface area (TPSA) is 39.8 Å². The fourth-order valence-electron chi connectivity index (χ4n) is 1.47. The summed E-state index contributed by atoms with van der Waals surface area (Å²) < 4.78 is 0. The van der Waals surface area contributed by atoms with Crippen molar-refractivity contribution >= 4 is 0 Å². The van der Waals surface area contributed by atoms with Crippen LogP contribution in [0.15, 0.2) is 12.3 Å². The molecule has 0 amide bonds. The van der Waals surface area contributed by atoms with Gasteiger partial charge >= 0.3 is 0 Å². The first kappa shape index (κ1) is 11.3. The van der Waals surface area contributed by atoms with Crippen molar-refractivity contribution in [1.29, 1.82) is 0 Å². The molecule has 14 heavy (non-hydrogen) atoms. The van der Waals surface area contributed by atoms with Gasteiger partial charge in [0.1, 0.15) is 0 Å². The molecule has 1 aromatic rings. The molecule has 0 atom stereocenters. The van der Waals surface area contributed by atoms with Crippen LogP contribution in [0, 0.1) is 6.92 Å². The van der Waals surface area contributed by atoms with Crippen LogP contribution in [-0.2, 0) is 6.42 Å². The molecule has 2 rings (SSSR count). The summed E-state index contributed by atoms with van der Waals surface area (Å²) in [6, 6.07) is 2.10. The average molecular weight is 195 g/mol. The number of H-pyrrole nitrogens is 1. The van der Waals surface area contributed by atoms with Crippen LogP contribution in [0.1, 0.15) is 18.2 Å². The Morgan fingerprint density at radius 2 is 1.71 bits per heavy atom. The van der Waals surface area contributed by atoms with Crippen LogP contribution in [0.5, 0.6) is 0 Å². The first-order valence-electron chi connectivity index (χ1n) is 5.39. The third-order valence-electron chi connectivity index (χ3n) is 2.38. The molecular formula is C11H21N3. The van der Waals surface area contributed by atoms with Gasteiger partial charge in [0.05, 0.1) is 0 Å². The summed E-state index contributed by atoms with van der Waals surface area (Å²) in [5.74, 6) is 0. The molecule has 0 unspecified atom stereocenters. The van der Waals surface area contributed by atoms with Crippen LogP contribution in [-0.4, -0.2) is 31.2 Å². The monoisotopic (exact) mass is 195 g/mol. The van der Waals surface area contributed by atoms with Crippen molar-refractivity contribution in [3.05, 3.63) is 23.5 Å². The number of hydrogen-bond acceptors (Lipinski definition) is 2. The summed E-state index contributed by atoms with van der Waals surface area (Å²) in [6.07, 6.45) is 3.09. The fraction of sp³-hybridized carbons (Fsp3) is 0.636. The molecule has 1 saturated heterocycles. The van der Waals surface area contributed by atoms with Crippen LogP contribution in [0.3, 0.4) is 0 Å². The van der Waals surface area contributed by atoms with E-state index in [1.165, 1.54) is 11.3 Å². The predicted molar refractivity (Wildman–Crippen MR) is 60.6 cm³/mol. The minimum Gasteiger partial charge on any atom is -0.365 e. The van der Waals surface area contributed by atoms with E-state index in [0.717, 1.165) is 32.6 Å². The highest BCUT2D eigenvalue weighted by Gasteiger charge is 1.92. The van der Waals surface area contributed by atoms with E-state index in [1.54, 1.807) is 0 Å². The minimum atomic E-state index is 1.11. The maximum atomic E-state index is 3.22. The Kier molecular flexibility index (Phi) is 5.33. The molecule has 0 aromatic carbocycles. The van der Waals surface area contributed by atoms with E-state index in [0.29, 0.717) is 0 Å². The molecule has 0 radical (unpaired) electrons. The number of aryl methyl sites for hydroxylation is 2. The highest BCUT2D eigenvalue weighted by Crippen LogP contribution is 2.03. The third kappa shape index (κ3) is 3.94. The summed E-state index contributed by atoms with van der Waals surface area (Å²) in [4.78, 5) is 3.16. The van der Waals surface area contributed by atoms with Gasteiger partial charge in [-0.05, 0) is 25.0 Å². The smallest absolute Gasteiger partial charge is 0.0174 e. The molecule has 3 nitrogen and oxygen atoms in total. The molecule has 80 valence electrons. The molecule has 1 fully saturated rings. The Morgan fingerprint density at radius 3 is 1.93 bits per heavy atom. The van der Waals surface area contributed by atoms with Crippen molar-refractivity contribution in [2.24, 2.45) is 0 Å². The summed E-state index contributed by atoms with van der Waals surface area (Å²) in [7, 11) is 0. The van der Waals surface area contributed by atoms with E-state index in [1.807, 2.05) is 6.20 Å². The summed E-state index contributed by atoms with van der Waals surface area (Å²) >= 11 is 0. The normalized spacial score (nSPS) is 15.9. The van der Waals surface area contributed by atoms with Crippen molar-refractivity contribution in [3.8, 4) is 0 Å². The second-order valence-corrected chi connectivity index (χ2v) is 3.49. The summed E-state index contributed by atoms with van der Waals surface area (Å²) in [5, 5.41) is 6.44. The van der Waals surface area contributed by atoms with Crippen LogP contribution in [0.25, 0.3) is 0 Å². The Labute approximate surface area is 86.3 Å². The van der Waals surface area contributed by atoms with Crippen molar-refractivity contribution < 1.29 is 0 Å². The van der Waals surface area contributed by atoms with Crippen molar-refractivity contribution in [3.63, 3.8) is 0 Å². The number of piperazine rings is 1. The number of hydrogen-bond donors (Lipinski definition) is 3. The lowest BCUT2D eigenvalue weighted by Crippen LogP contribution is -2.39. The molecule has 0 saturated carbocycles. The van der Waals surface area contributed by atoms with Crippen molar-refractivity contribution in [2.75, 3.05) is 26.2 Å². The van der Waals surface area contributed by atoms with Gasteiger partial charge in [0, 0.05) is 38.1 Å². The predicted octanol–water partition coefficient (Wildman–Crippen LogP) is 1.06. The lowest BCUT2D eigenvalue weighted by atomic mass is 10.2. The van der Waals surface area contributed by atoms with Crippen molar-refractivity contribution in [2.45, 2.75) is 20.3 Å². The summed E-state index contributed by atoms with van der Waals surface area (Å²) in [5.41, 5.74) is 2.72. The van der Waals surface area contributed by atoms with Crippen molar-refractivity contribution in [1.82, 2.24) is 15.6 Å². The van der Waals surface area contributed by atoms with Crippen LogP contribution >= 0.6 is 0 Å². The Bertz CT molecular complexity index is 227. The first-order valence-corrected chi connectivity index (χ1v) is 5.39. The lowest BCUT2D eigenvalue weighted by molar-refractivity contribution is 0.534. The maximum Gasteiger partial charge on any atom is 0.0174 e. The van der Waals surface area contributed by atoms with Gasteiger partial charge in [-0.15, -0.1) is 0 Å². The molecule has 1 aromatic heterocycles. The summed E-state index contributed by atoms with van der Waals surface area (Å²) in [6.45, 7) is 8.83. The van der Waals surface area contributed by atoms with Crippen LogP contribution in [0.4, 0.5) is 0 Å². The van der Waals surface area contributed by atoms with Gasteiger partial charge in [-0.1, -0.05) is 6.92 Å². The SMILES string of the molecule is C1CNCCN1.CCc1[nH]ccc1C. The molecule has 0 spiro atoms. The quantitative estimate of drug-likeness (QED) is 0.627. The second kappa shape index (κ2) is 6.62. The van der Waals surface area contributed by atoms with E-state index in [4.69, 9.17) is 0 Å². The highest BCUT2D eigenvalue weighted by molar-refractivity contribution is 5.17. The molecule has 0 bridgehead atoms. The Hall–Kier alpha value is -0.800. The van der Waals surface area contributed by atoms with E-state index >= 15 is 0 Å². The number of rotatable bonds is 1. The molecule has 1 aliphatic heterocycles. The van der Waals surface area contributed by atoms with E-state index in [-0.39, 0.29) is 0 Å². The number of aromatic nitrogens is 1. The minimum absolute atomic E-state index is 1.11. The van der Waals surface area contributed by atoms with Crippen LogP contribution in [0.2, 0.25) is 0 Å². The Balaban J connectivity index is 0.000000146. The second-order valence-electron chi connectivity index (χ2n) is 3.49. The lowest BCUT2D eigenvalue weighted by Gasteiger charge is -2.11. The molecule has 0 aliphatic carbocycles. The van der Waals surface area contributed by atoms with E-state index < -0.39 is 0 Å². The largest absolute Gasteiger partial charge is 0.365 e. The van der Waals surface area contributed by atoms with Gasteiger partial charge in [0.2, 0.25) is 0 Å². The van der Waals surface area contributed by atoms with Gasteiger partial charge in [-0.2, -0.15) is 0 Å². The fourth-order valence-corrected chi connectivity index (χ4v) is 1.47. The molecule has 3 heteroatoms. The van der Waals surface area contributed by atoms with Gasteiger partial charge in [-0.3, -0.25) is 0 Å². The van der Waals surface area contributed by atoms with Gasteiger partial charge in [0.25, 0.3) is 0 Å². The zero-order valence-electron chi connectivity index (χ0n) is 9.19. The first-order chi connectivity index (χ1) is 6.84. The molecule has 3 N–H and O–H groups in total. The van der Waals surface area contributed by atoms with Crippen LogP contribution < -0.4 is 10.6 Å². The third-order valence-corrected chi connectivity index (χ3v) is 2.38. The van der Waals surface area contributed by atoms with Gasteiger partial charge in [0.15, 0.2) is 0 Å². The molecule has 2 heterocycles. The number of nitrogens with one attached hydrogen (secondary N) is 3. The molecule has 1 aliphatic rings. The van der Waals surface area contributed by atoms with Gasteiger partial charge in [-0.25, -0.2) is 0 Å². The Morgan fingerprint density at radius 1 is 1.14 bits per heavy atom. The van der Waals surface area contributed by atoms with E-state index in [9.17, 15) is 0 Å². The van der Waals surface area contributed by atoms with Gasteiger partial charge < -0.3 is 15.6 Å². The average Bonchev–Trinajstić information content (AvgIpc) is 2.67. The zero-order valence-corrected chi connectivity index (χ0v) is 9.19. The standard InChI is InChI=1S/C7H11N.C4H10N2/c1-3-7-6(2)4-5-8-7;1-2-6-4-3-5-1/h4-5,8H,3H2,1-2H3;5-6H,1-4H2. The molecular weight excluding hydrogens is 174 g/mol. The highest BCUT2D eigenvalue weighted by atomic mass is 15.0. The zero-order chi connectivity index (χ0) is 10.2. The maximum absolute atomic E-state index is 3.22. The number of aromatic amines is 1. The van der Waals surface area contributed by atoms with E-state index in [2.05, 4.69) is 35.5 Å².